The van der Waals surface area contributed by atoms with Crippen LogP contribution in [0.1, 0.15) is 42.9 Å². The van der Waals surface area contributed by atoms with Gasteiger partial charge in [0.2, 0.25) is 0 Å². The molecule has 2 aromatic rings. The molecule has 1 amide bonds. The highest BCUT2D eigenvalue weighted by Gasteiger charge is 2.27. The molecule has 0 unspecified atom stereocenters. The van der Waals surface area contributed by atoms with Crippen molar-refractivity contribution >= 4 is 45.8 Å². The number of ether oxygens (including phenoxy) is 3. The summed E-state index contributed by atoms with van der Waals surface area (Å²) in [5, 5.41) is 3.17. The van der Waals surface area contributed by atoms with Crippen LogP contribution in [-0.4, -0.2) is 38.7 Å². The van der Waals surface area contributed by atoms with Gasteiger partial charge < -0.3 is 19.5 Å². The Balaban J connectivity index is 2.48. The van der Waals surface area contributed by atoms with Crippen molar-refractivity contribution in [2.45, 2.75) is 13.8 Å². The number of benzene rings is 1. The molecule has 0 saturated carbocycles. The Morgan fingerprint density at radius 3 is 2.48 bits per heavy atom. The van der Waals surface area contributed by atoms with E-state index in [1.165, 1.54) is 20.3 Å². The monoisotopic (exact) mass is 411 g/mol. The van der Waals surface area contributed by atoms with E-state index < -0.39 is 17.8 Å². The number of hydrogen-bond acceptors (Lipinski definition) is 7. The molecule has 0 atom stereocenters. The zero-order valence-corrected chi connectivity index (χ0v) is 16.7. The van der Waals surface area contributed by atoms with Crippen molar-refractivity contribution in [3.05, 3.63) is 44.8 Å². The van der Waals surface area contributed by atoms with Crippen LogP contribution in [-0.2, 0) is 9.47 Å². The minimum atomic E-state index is -0.644. The first-order valence-electron chi connectivity index (χ1n) is 7.87. The molecule has 0 fully saturated rings. The van der Waals surface area contributed by atoms with Crippen molar-refractivity contribution in [2.75, 3.05) is 26.1 Å². The molecular weight excluding hydrogens is 394 g/mol. The van der Waals surface area contributed by atoms with Crippen molar-refractivity contribution in [1.82, 2.24) is 0 Å². The molecule has 0 spiro atoms. The Hall–Kier alpha value is -2.58. The van der Waals surface area contributed by atoms with E-state index in [0.29, 0.717) is 16.3 Å². The number of carbonyl (C=O) groups excluding carboxylic acids is 3. The molecule has 27 heavy (non-hydrogen) atoms. The Morgan fingerprint density at radius 2 is 1.89 bits per heavy atom. The molecule has 7 nitrogen and oxygen atoms in total. The number of anilines is 1. The van der Waals surface area contributed by atoms with Gasteiger partial charge in [0.05, 0.1) is 32.0 Å². The van der Waals surface area contributed by atoms with Gasteiger partial charge in [-0.2, -0.15) is 0 Å². The molecular formula is C18H18ClNO6S. The fourth-order valence-electron chi connectivity index (χ4n) is 2.37. The van der Waals surface area contributed by atoms with Crippen molar-refractivity contribution in [2.24, 2.45) is 0 Å². The second-order valence-electron chi connectivity index (χ2n) is 5.27. The zero-order chi connectivity index (χ0) is 20.1. The van der Waals surface area contributed by atoms with Crippen LogP contribution in [0.15, 0.2) is 18.2 Å². The van der Waals surface area contributed by atoms with Crippen molar-refractivity contribution < 1.29 is 28.6 Å². The summed E-state index contributed by atoms with van der Waals surface area (Å²) in [6, 6.07) is 4.59. The number of halogens is 1. The van der Waals surface area contributed by atoms with Gasteiger partial charge in [-0.05, 0) is 37.6 Å². The fraction of sp³-hybridized carbons (Fsp3) is 0.278. The van der Waals surface area contributed by atoms with Crippen molar-refractivity contribution in [1.29, 1.82) is 0 Å². The number of carbonyl (C=O) groups is 3. The van der Waals surface area contributed by atoms with Gasteiger partial charge in [-0.1, -0.05) is 11.6 Å². The smallest absolute Gasteiger partial charge is 0.348 e. The number of nitrogens with one attached hydrogen (secondary N) is 1. The molecule has 1 heterocycles. The van der Waals surface area contributed by atoms with Crippen molar-refractivity contribution in [3.63, 3.8) is 0 Å². The molecule has 9 heteroatoms. The zero-order valence-electron chi connectivity index (χ0n) is 15.2. The van der Waals surface area contributed by atoms with Crippen LogP contribution in [0.4, 0.5) is 5.00 Å². The molecule has 0 bridgehead atoms. The average Bonchev–Trinajstić information content (AvgIpc) is 2.97. The molecule has 0 saturated heterocycles. The van der Waals surface area contributed by atoms with E-state index in [9.17, 15) is 14.4 Å². The lowest BCUT2D eigenvalue weighted by atomic mass is 10.1. The van der Waals surface area contributed by atoms with E-state index >= 15 is 0 Å². The number of hydrogen-bond donors (Lipinski definition) is 1. The van der Waals surface area contributed by atoms with Gasteiger partial charge in [0, 0.05) is 5.02 Å². The van der Waals surface area contributed by atoms with Gasteiger partial charge in [0.1, 0.15) is 15.6 Å². The first-order chi connectivity index (χ1) is 12.8. The van der Waals surface area contributed by atoms with Gasteiger partial charge >= 0.3 is 11.9 Å². The summed E-state index contributed by atoms with van der Waals surface area (Å²) in [5.41, 5.74) is 0.667. The van der Waals surface area contributed by atoms with E-state index in [0.717, 1.165) is 11.3 Å². The molecule has 1 aromatic carbocycles. The van der Waals surface area contributed by atoms with Gasteiger partial charge in [-0.3, -0.25) is 4.79 Å². The van der Waals surface area contributed by atoms with Gasteiger partial charge in [0.25, 0.3) is 5.91 Å². The van der Waals surface area contributed by atoms with Crippen LogP contribution >= 0.6 is 22.9 Å². The first kappa shape index (κ1) is 20.7. The highest BCUT2D eigenvalue weighted by Crippen LogP contribution is 2.35. The molecule has 1 aromatic heterocycles. The van der Waals surface area contributed by atoms with Crippen LogP contribution < -0.4 is 10.1 Å². The standard InChI is InChI=1S/C18H18ClNO6S/c1-5-26-17(22)13-9(2)14(18(23)25-4)27-16(13)20-15(21)11-8-10(19)6-7-12(11)24-3/h6-8H,5H2,1-4H3,(H,20,21). The lowest BCUT2D eigenvalue weighted by Gasteiger charge is -2.10. The maximum Gasteiger partial charge on any atom is 0.348 e. The number of thiophene rings is 1. The average molecular weight is 412 g/mol. The highest BCUT2D eigenvalue weighted by molar-refractivity contribution is 7.18. The number of esters is 2. The van der Waals surface area contributed by atoms with Crippen LogP contribution in [0, 0.1) is 6.92 Å². The second kappa shape index (κ2) is 8.88. The third kappa shape index (κ3) is 4.40. The maximum atomic E-state index is 12.7. The Kier molecular flexibility index (Phi) is 6.81. The van der Waals surface area contributed by atoms with Crippen LogP contribution in [0.2, 0.25) is 5.02 Å². The van der Waals surface area contributed by atoms with Crippen molar-refractivity contribution in [3.8, 4) is 5.75 Å². The number of amides is 1. The Morgan fingerprint density at radius 1 is 1.19 bits per heavy atom. The SMILES string of the molecule is CCOC(=O)c1c(NC(=O)c2cc(Cl)ccc2OC)sc(C(=O)OC)c1C. The molecule has 144 valence electrons. The number of rotatable bonds is 6. The summed E-state index contributed by atoms with van der Waals surface area (Å²) in [7, 11) is 2.66. The van der Waals surface area contributed by atoms with E-state index in [2.05, 4.69) is 5.32 Å². The normalized spacial score (nSPS) is 10.3. The topological polar surface area (TPSA) is 90.9 Å². The van der Waals surface area contributed by atoms with E-state index in [1.54, 1.807) is 26.0 Å². The Labute approximate surface area is 165 Å². The van der Waals surface area contributed by atoms with Crippen LogP contribution in [0.25, 0.3) is 0 Å². The second-order valence-corrected chi connectivity index (χ2v) is 6.73. The molecule has 0 aliphatic heterocycles. The summed E-state index contributed by atoms with van der Waals surface area (Å²) in [6.07, 6.45) is 0. The molecule has 1 N–H and O–H groups in total. The molecule has 2 rings (SSSR count). The summed E-state index contributed by atoms with van der Waals surface area (Å²) < 4.78 is 15.0. The Bertz CT molecular complexity index is 892. The lowest BCUT2D eigenvalue weighted by molar-refractivity contribution is 0.0527. The van der Waals surface area contributed by atoms with Gasteiger partial charge in [-0.15, -0.1) is 11.3 Å². The van der Waals surface area contributed by atoms with E-state index in [-0.39, 0.29) is 27.6 Å². The predicted molar refractivity (Wildman–Crippen MR) is 102 cm³/mol. The van der Waals surface area contributed by atoms with Crippen LogP contribution in [0.5, 0.6) is 5.75 Å². The number of methoxy groups -OCH3 is 2. The first-order valence-corrected chi connectivity index (χ1v) is 9.07. The van der Waals surface area contributed by atoms with Gasteiger partial charge in [-0.25, -0.2) is 9.59 Å². The molecule has 0 aliphatic carbocycles. The van der Waals surface area contributed by atoms with Gasteiger partial charge in [0.15, 0.2) is 0 Å². The predicted octanol–water partition coefficient (Wildman–Crippen LogP) is 3.93. The minimum absolute atomic E-state index is 0.108. The quantitative estimate of drug-likeness (QED) is 0.724. The maximum absolute atomic E-state index is 12.7. The largest absolute Gasteiger partial charge is 0.496 e. The summed E-state index contributed by atoms with van der Waals surface area (Å²) in [6.45, 7) is 3.40. The van der Waals surface area contributed by atoms with E-state index in [4.69, 9.17) is 25.8 Å². The summed E-state index contributed by atoms with van der Waals surface area (Å²) in [4.78, 5) is 37.2. The third-order valence-electron chi connectivity index (χ3n) is 3.63. The van der Waals surface area contributed by atoms with E-state index in [1.807, 2.05) is 0 Å². The highest BCUT2D eigenvalue weighted by atomic mass is 35.5. The lowest BCUT2D eigenvalue weighted by Crippen LogP contribution is -2.15. The molecule has 0 radical (unpaired) electrons. The third-order valence-corrected chi connectivity index (χ3v) is 5.05. The summed E-state index contributed by atoms with van der Waals surface area (Å²) >= 11 is 6.90. The fourth-order valence-corrected chi connectivity index (χ4v) is 3.65. The minimum Gasteiger partial charge on any atom is -0.496 e. The van der Waals surface area contributed by atoms with Crippen LogP contribution in [0.3, 0.4) is 0 Å². The molecule has 0 aliphatic rings. The summed E-state index contributed by atoms with van der Waals surface area (Å²) in [5.74, 6) is -1.48.